The van der Waals surface area contributed by atoms with Crippen molar-refractivity contribution >= 4 is 48.9 Å². The zero-order chi connectivity index (χ0) is 20.0. The van der Waals surface area contributed by atoms with Gasteiger partial charge in [0, 0.05) is 0 Å². The predicted octanol–water partition coefficient (Wildman–Crippen LogP) is 2.76. The lowest BCUT2D eigenvalue weighted by atomic mass is 10.2. The normalized spacial score (nSPS) is 19.3. The number of nitrogens with zero attached hydrogens (tertiary/aromatic N) is 1. The summed E-state index contributed by atoms with van der Waals surface area (Å²) in [6.07, 6.45) is 0. The minimum atomic E-state index is -3.95. The zero-order valence-corrected chi connectivity index (χ0v) is 16.9. The number of para-hydroxylation sites is 1. The summed E-state index contributed by atoms with van der Waals surface area (Å²) in [4.78, 5) is 12.2. The van der Waals surface area contributed by atoms with Crippen LogP contribution in [0.25, 0.3) is 0 Å². The van der Waals surface area contributed by atoms with Gasteiger partial charge in [-0.15, -0.1) is 0 Å². The number of nitrogens with one attached hydrogen (secondary N) is 1. The van der Waals surface area contributed by atoms with Crippen molar-refractivity contribution < 1.29 is 21.6 Å². The Kier molecular flexibility index (Phi) is 4.96. The molecule has 2 aromatic rings. The van der Waals surface area contributed by atoms with Crippen molar-refractivity contribution in [3.8, 4) is 0 Å². The molecule has 2 aromatic carbocycles. The molecule has 27 heavy (non-hydrogen) atoms. The summed E-state index contributed by atoms with van der Waals surface area (Å²) >= 11 is 5.99. The third kappa shape index (κ3) is 3.67. The molecule has 1 atom stereocenters. The average Bonchev–Trinajstić information content (AvgIpc) is 2.76. The summed E-state index contributed by atoms with van der Waals surface area (Å²) in [5, 5.41) is 0.248. The molecular weight excluding hydrogens is 412 g/mol. The Bertz CT molecular complexity index is 1130. The summed E-state index contributed by atoms with van der Waals surface area (Å²) in [6, 6.07) is 10.4. The number of carbonyl (C=O) groups excluding carboxylic acids is 1. The molecule has 3 rings (SSSR count). The highest BCUT2D eigenvalue weighted by atomic mass is 35.5. The first-order valence-electron chi connectivity index (χ1n) is 7.98. The van der Waals surface area contributed by atoms with Crippen molar-refractivity contribution in [3.63, 3.8) is 0 Å². The third-order valence-electron chi connectivity index (χ3n) is 4.16. The van der Waals surface area contributed by atoms with Crippen LogP contribution in [0.4, 0.5) is 11.4 Å². The molecule has 1 unspecified atom stereocenters. The van der Waals surface area contributed by atoms with E-state index in [-0.39, 0.29) is 27.0 Å². The summed E-state index contributed by atoms with van der Waals surface area (Å²) in [5.74, 6) is -1.43. The summed E-state index contributed by atoms with van der Waals surface area (Å²) in [6.45, 7) is 3.07. The fraction of sp³-hybridized carbons (Fsp3) is 0.235. The number of carbonyl (C=O) groups is 1. The maximum atomic E-state index is 12.7. The molecule has 0 saturated carbocycles. The SMILES string of the molecule is Cc1cc(N2C(=O)C(C)CS2(=O)=O)ccc1S(=O)(=O)Nc1ccccc1Cl. The minimum absolute atomic E-state index is 0.0386. The highest BCUT2D eigenvalue weighted by Crippen LogP contribution is 2.31. The number of aryl methyl sites for hydroxylation is 1. The van der Waals surface area contributed by atoms with Crippen LogP contribution >= 0.6 is 11.6 Å². The van der Waals surface area contributed by atoms with Gasteiger partial charge in [0.25, 0.3) is 10.0 Å². The van der Waals surface area contributed by atoms with Crippen molar-refractivity contribution in [2.45, 2.75) is 18.7 Å². The van der Waals surface area contributed by atoms with Gasteiger partial charge >= 0.3 is 0 Å². The molecule has 0 spiro atoms. The van der Waals surface area contributed by atoms with E-state index in [0.29, 0.717) is 5.56 Å². The van der Waals surface area contributed by atoms with E-state index in [0.717, 1.165) is 4.31 Å². The first-order chi connectivity index (χ1) is 12.5. The number of halogens is 1. The number of amides is 1. The number of anilines is 2. The standard InChI is InChI=1S/C17H17ClN2O5S2/c1-11-9-13(20-17(21)12(2)10-26(20,22)23)7-8-16(11)27(24,25)19-15-6-4-3-5-14(15)18/h3-9,12,19H,10H2,1-2H3. The van der Waals surface area contributed by atoms with E-state index in [9.17, 15) is 21.6 Å². The number of benzene rings is 2. The molecule has 1 fully saturated rings. The Morgan fingerprint density at radius 1 is 1.19 bits per heavy atom. The number of sulfonamides is 2. The summed E-state index contributed by atoms with van der Waals surface area (Å²) in [7, 11) is -7.70. The highest BCUT2D eigenvalue weighted by molar-refractivity contribution is 7.94. The second-order valence-electron chi connectivity index (χ2n) is 6.32. The molecular formula is C17H17ClN2O5S2. The van der Waals surface area contributed by atoms with E-state index in [1.54, 1.807) is 25.1 Å². The topological polar surface area (TPSA) is 101 Å². The molecule has 0 bridgehead atoms. The fourth-order valence-corrected chi connectivity index (χ4v) is 6.25. The van der Waals surface area contributed by atoms with E-state index < -0.39 is 31.9 Å². The fourth-order valence-electron chi connectivity index (χ4n) is 2.89. The van der Waals surface area contributed by atoms with Crippen molar-refractivity contribution in [1.82, 2.24) is 0 Å². The van der Waals surface area contributed by atoms with Crippen LogP contribution in [0.2, 0.25) is 5.02 Å². The van der Waals surface area contributed by atoms with Gasteiger partial charge in [0.05, 0.1) is 33.0 Å². The number of hydrogen-bond acceptors (Lipinski definition) is 5. The van der Waals surface area contributed by atoms with Gasteiger partial charge in [-0.1, -0.05) is 30.7 Å². The second-order valence-corrected chi connectivity index (χ2v) is 10.2. The summed E-state index contributed by atoms with van der Waals surface area (Å²) in [5.41, 5.74) is 0.655. The van der Waals surface area contributed by atoms with E-state index in [1.807, 2.05) is 0 Å². The van der Waals surface area contributed by atoms with E-state index >= 15 is 0 Å². The van der Waals surface area contributed by atoms with Gasteiger partial charge in [-0.3, -0.25) is 9.52 Å². The van der Waals surface area contributed by atoms with Gasteiger partial charge in [-0.2, -0.15) is 0 Å². The van der Waals surface area contributed by atoms with Gasteiger partial charge in [-0.25, -0.2) is 21.1 Å². The second kappa shape index (κ2) is 6.81. The Morgan fingerprint density at radius 2 is 1.85 bits per heavy atom. The lowest BCUT2D eigenvalue weighted by Gasteiger charge is -2.17. The molecule has 1 aliphatic rings. The summed E-state index contributed by atoms with van der Waals surface area (Å²) < 4.78 is 52.9. The average molecular weight is 429 g/mol. The van der Waals surface area contributed by atoms with Crippen molar-refractivity contribution in [1.29, 1.82) is 0 Å². The molecule has 1 saturated heterocycles. The molecule has 7 nitrogen and oxygen atoms in total. The lowest BCUT2D eigenvalue weighted by Crippen LogP contribution is -2.30. The monoisotopic (exact) mass is 428 g/mol. The van der Waals surface area contributed by atoms with Crippen molar-refractivity contribution in [2.75, 3.05) is 14.8 Å². The van der Waals surface area contributed by atoms with Crippen LogP contribution < -0.4 is 9.03 Å². The van der Waals surface area contributed by atoms with Crippen LogP contribution in [-0.4, -0.2) is 28.5 Å². The van der Waals surface area contributed by atoms with Crippen LogP contribution in [0.15, 0.2) is 47.4 Å². The van der Waals surface area contributed by atoms with Crippen LogP contribution in [0.5, 0.6) is 0 Å². The highest BCUT2D eigenvalue weighted by Gasteiger charge is 2.42. The molecule has 144 valence electrons. The first-order valence-corrected chi connectivity index (χ1v) is 11.4. The quantitative estimate of drug-likeness (QED) is 0.806. The molecule has 0 aliphatic carbocycles. The lowest BCUT2D eigenvalue weighted by molar-refractivity contribution is -0.119. The molecule has 0 aromatic heterocycles. The Balaban J connectivity index is 1.98. The van der Waals surface area contributed by atoms with Crippen molar-refractivity contribution in [2.24, 2.45) is 5.92 Å². The van der Waals surface area contributed by atoms with E-state index in [4.69, 9.17) is 11.6 Å². The smallest absolute Gasteiger partial charge is 0.262 e. The molecule has 1 heterocycles. The van der Waals surface area contributed by atoms with Crippen LogP contribution in [0, 0.1) is 12.8 Å². The molecule has 0 radical (unpaired) electrons. The van der Waals surface area contributed by atoms with Gasteiger partial charge in [0.1, 0.15) is 0 Å². The third-order valence-corrected chi connectivity index (χ3v) is 7.88. The number of rotatable bonds is 4. The molecule has 1 N–H and O–H groups in total. The molecule has 1 aliphatic heterocycles. The Hall–Kier alpha value is -2.10. The van der Waals surface area contributed by atoms with Gasteiger partial charge in [-0.05, 0) is 42.8 Å². The van der Waals surface area contributed by atoms with Crippen molar-refractivity contribution in [3.05, 3.63) is 53.1 Å². The zero-order valence-electron chi connectivity index (χ0n) is 14.5. The van der Waals surface area contributed by atoms with Gasteiger partial charge in [0.2, 0.25) is 15.9 Å². The maximum Gasteiger partial charge on any atom is 0.262 e. The Labute approximate surface area is 163 Å². The van der Waals surface area contributed by atoms with Gasteiger partial charge < -0.3 is 0 Å². The molecule has 1 amide bonds. The first kappa shape index (κ1) is 19.7. The van der Waals surface area contributed by atoms with Gasteiger partial charge in [0.15, 0.2) is 0 Å². The predicted molar refractivity (Wildman–Crippen MR) is 104 cm³/mol. The van der Waals surface area contributed by atoms with Crippen LogP contribution in [-0.2, 0) is 24.8 Å². The molecule has 10 heteroatoms. The largest absolute Gasteiger partial charge is 0.278 e. The van der Waals surface area contributed by atoms with E-state index in [1.165, 1.54) is 31.2 Å². The maximum absolute atomic E-state index is 12.7. The number of hydrogen-bond donors (Lipinski definition) is 1. The minimum Gasteiger partial charge on any atom is -0.278 e. The van der Waals surface area contributed by atoms with E-state index in [2.05, 4.69) is 4.72 Å². The Morgan fingerprint density at radius 3 is 2.41 bits per heavy atom. The van der Waals surface area contributed by atoms with Crippen LogP contribution in [0.3, 0.4) is 0 Å². The van der Waals surface area contributed by atoms with Crippen LogP contribution in [0.1, 0.15) is 12.5 Å².